The van der Waals surface area contributed by atoms with E-state index in [1.165, 1.54) is 0 Å². The van der Waals surface area contributed by atoms with Crippen LogP contribution in [-0.4, -0.2) is 95.7 Å². The highest BCUT2D eigenvalue weighted by atomic mass is 16.7. The van der Waals surface area contributed by atoms with Gasteiger partial charge < -0.3 is 38.6 Å². The quantitative estimate of drug-likeness (QED) is 0.681. The molecular weight excluding hydrogens is 424 g/mol. The van der Waals surface area contributed by atoms with E-state index < -0.39 is 0 Å². The van der Waals surface area contributed by atoms with Gasteiger partial charge >= 0.3 is 12.0 Å². The number of hydrogen-bond acceptors (Lipinski definition) is 10. The maximum atomic E-state index is 12.6. The number of rotatable bonds is 4. The van der Waals surface area contributed by atoms with Gasteiger partial charge in [0.1, 0.15) is 24.0 Å². The Morgan fingerprint density at radius 2 is 1.94 bits per heavy atom. The molecule has 0 aliphatic carbocycles. The monoisotopic (exact) mass is 446 g/mol. The normalized spacial score (nSPS) is 28.6. The van der Waals surface area contributed by atoms with Crippen LogP contribution in [-0.2, 0) is 14.2 Å². The van der Waals surface area contributed by atoms with E-state index in [9.17, 15) is 4.79 Å². The van der Waals surface area contributed by atoms with Gasteiger partial charge in [-0.05, 0) is 22.6 Å². The first-order valence-electron chi connectivity index (χ1n) is 10.5. The Kier molecular flexibility index (Phi) is 4.92. The van der Waals surface area contributed by atoms with Crippen LogP contribution < -0.4 is 19.5 Å². The summed E-state index contributed by atoms with van der Waals surface area (Å²) < 4.78 is 35.4. The van der Waals surface area contributed by atoms with Crippen LogP contribution in [0.3, 0.4) is 0 Å². The number of fused-ring (bicyclic) bond motifs is 2. The van der Waals surface area contributed by atoms with E-state index in [0.29, 0.717) is 56.8 Å². The summed E-state index contributed by atoms with van der Waals surface area (Å²) >= 11 is 0. The second-order valence-corrected chi connectivity index (χ2v) is 7.84. The SMILES string of the molecule is O=C(N[C@H]1CO[C@H]2[C@@H]1OC[C@@H]2n1nnnc1Oc1ccc2c(c1)OCO2)N1CCOCC1. The molecule has 13 heteroatoms. The standard InChI is InChI=1S/C19H22N6O7/c26-18(24-3-5-27-6-4-24)20-12-8-28-17-13(9-29-16(12)17)25-19(21-22-23-25)32-11-1-2-14-15(7-11)31-10-30-14/h1-2,7,12-13,16-17H,3-6,8-10H2,(H,20,26)/t12-,13-,16+,17+/m0/s1. The third-order valence-electron chi connectivity index (χ3n) is 5.96. The predicted octanol–water partition coefficient (Wildman–Crippen LogP) is -0.0568. The van der Waals surface area contributed by atoms with Gasteiger partial charge in [-0.3, -0.25) is 0 Å². The maximum Gasteiger partial charge on any atom is 0.341 e. The first kappa shape index (κ1) is 19.5. The molecule has 13 nitrogen and oxygen atoms in total. The fraction of sp³-hybridized carbons (Fsp3) is 0.579. The Morgan fingerprint density at radius 1 is 1.09 bits per heavy atom. The minimum Gasteiger partial charge on any atom is -0.454 e. The van der Waals surface area contributed by atoms with Crippen LogP contribution in [0.4, 0.5) is 4.79 Å². The predicted molar refractivity (Wildman–Crippen MR) is 104 cm³/mol. The minimum absolute atomic E-state index is 0.135. The molecule has 0 saturated carbocycles. The Hall–Kier alpha value is -3.16. The molecule has 0 bridgehead atoms. The van der Waals surface area contributed by atoms with E-state index >= 15 is 0 Å². The maximum absolute atomic E-state index is 12.6. The molecule has 5 heterocycles. The molecule has 6 rings (SSSR count). The molecule has 4 aliphatic rings. The summed E-state index contributed by atoms with van der Waals surface area (Å²) in [6, 6.07) is 4.77. The second-order valence-electron chi connectivity index (χ2n) is 7.84. The third-order valence-corrected chi connectivity index (χ3v) is 5.96. The average molecular weight is 446 g/mol. The van der Waals surface area contributed by atoms with E-state index in [0.717, 1.165) is 0 Å². The largest absolute Gasteiger partial charge is 0.454 e. The third kappa shape index (κ3) is 3.47. The van der Waals surface area contributed by atoms with Gasteiger partial charge in [0.25, 0.3) is 0 Å². The molecule has 170 valence electrons. The highest BCUT2D eigenvalue weighted by Crippen LogP contribution is 2.38. The van der Waals surface area contributed by atoms with Gasteiger partial charge in [0.2, 0.25) is 6.79 Å². The van der Waals surface area contributed by atoms with Gasteiger partial charge in [-0.1, -0.05) is 5.10 Å². The Bertz CT molecular complexity index is 996. The number of morpholine rings is 1. The molecule has 3 fully saturated rings. The van der Waals surface area contributed by atoms with Crippen molar-refractivity contribution in [2.45, 2.75) is 24.3 Å². The van der Waals surface area contributed by atoms with Crippen LogP contribution in [0.2, 0.25) is 0 Å². The molecule has 1 aromatic carbocycles. The fourth-order valence-electron chi connectivity index (χ4n) is 4.34. The number of hydrogen-bond donors (Lipinski definition) is 1. The van der Waals surface area contributed by atoms with E-state index in [4.69, 9.17) is 28.4 Å². The molecule has 0 radical (unpaired) electrons. The Morgan fingerprint density at radius 3 is 2.84 bits per heavy atom. The molecule has 32 heavy (non-hydrogen) atoms. The zero-order valence-electron chi connectivity index (χ0n) is 17.1. The highest BCUT2D eigenvalue weighted by molar-refractivity contribution is 5.74. The lowest BCUT2D eigenvalue weighted by atomic mass is 10.1. The summed E-state index contributed by atoms with van der Waals surface area (Å²) in [6.45, 7) is 3.10. The van der Waals surface area contributed by atoms with Crippen LogP contribution in [0.5, 0.6) is 23.3 Å². The lowest BCUT2D eigenvalue weighted by molar-refractivity contribution is 0.0485. The van der Waals surface area contributed by atoms with Gasteiger partial charge in [-0.25, -0.2) is 4.79 Å². The van der Waals surface area contributed by atoms with Crippen molar-refractivity contribution in [1.82, 2.24) is 30.4 Å². The minimum atomic E-state index is -0.312. The van der Waals surface area contributed by atoms with Crippen LogP contribution in [0.25, 0.3) is 0 Å². The number of nitrogens with one attached hydrogen (secondary N) is 1. The lowest BCUT2D eigenvalue weighted by Gasteiger charge is -2.29. The molecule has 4 atom stereocenters. The number of ether oxygens (including phenoxy) is 6. The van der Waals surface area contributed by atoms with Crippen LogP contribution in [0.1, 0.15) is 6.04 Å². The Labute approximate surface area is 182 Å². The summed E-state index contributed by atoms with van der Waals surface area (Å²) in [5, 5.41) is 14.9. The molecular formula is C19H22N6O7. The molecule has 1 aromatic heterocycles. The number of benzene rings is 1. The fourth-order valence-corrected chi connectivity index (χ4v) is 4.34. The smallest absolute Gasteiger partial charge is 0.341 e. The van der Waals surface area contributed by atoms with E-state index in [1.54, 1.807) is 27.8 Å². The van der Waals surface area contributed by atoms with Crippen molar-refractivity contribution in [3.63, 3.8) is 0 Å². The molecule has 3 saturated heterocycles. The molecule has 4 aliphatic heterocycles. The van der Waals surface area contributed by atoms with Gasteiger partial charge in [0, 0.05) is 19.2 Å². The summed E-state index contributed by atoms with van der Waals surface area (Å²) in [5.74, 6) is 1.78. The number of nitrogens with zero attached hydrogens (tertiary/aromatic N) is 5. The molecule has 2 amide bonds. The zero-order valence-corrected chi connectivity index (χ0v) is 17.1. The van der Waals surface area contributed by atoms with Crippen molar-refractivity contribution < 1.29 is 33.2 Å². The summed E-state index contributed by atoms with van der Waals surface area (Å²) in [5.41, 5.74) is 0. The van der Waals surface area contributed by atoms with E-state index in [1.807, 2.05) is 0 Å². The molecule has 2 aromatic rings. The first-order chi connectivity index (χ1) is 15.8. The van der Waals surface area contributed by atoms with Crippen molar-refractivity contribution in [3.05, 3.63) is 18.2 Å². The topological polar surface area (TPSA) is 131 Å². The first-order valence-corrected chi connectivity index (χ1v) is 10.5. The van der Waals surface area contributed by atoms with Crippen LogP contribution >= 0.6 is 0 Å². The zero-order chi connectivity index (χ0) is 21.5. The number of urea groups is 1. The molecule has 0 spiro atoms. The van der Waals surface area contributed by atoms with Gasteiger partial charge in [0.05, 0.1) is 32.5 Å². The van der Waals surface area contributed by atoms with Crippen molar-refractivity contribution in [1.29, 1.82) is 0 Å². The van der Waals surface area contributed by atoms with Crippen molar-refractivity contribution >= 4 is 6.03 Å². The van der Waals surface area contributed by atoms with E-state index in [-0.39, 0.29) is 43.1 Å². The summed E-state index contributed by atoms with van der Waals surface area (Å²) in [6.07, 6.45) is -0.611. The number of carbonyl (C=O) groups excluding carboxylic acids is 1. The van der Waals surface area contributed by atoms with Crippen LogP contribution in [0.15, 0.2) is 18.2 Å². The summed E-state index contributed by atoms with van der Waals surface area (Å²) in [7, 11) is 0. The highest BCUT2D eigenvalue weighted by Gasteiger charge is 2.50. The second kappa shape index (κ2) is 8.07. The number of aromatic nitrogens is 4. The number of carbonyl (C=O) groups is 1. The molecule has 0 unspecified atom stereocenters. The van der Waals surface area contributed by atoms with E-state index in [2.05, 4.69) is 20.8 Å². The number of tetrazole rings is 1. The van der Waals surface area contributed by atoms with Crippen molar-refractivity contribution in [2.24, 2.45) is 0 Å². The average Bonchev–Trinajstić information content (AvgIpc) is 3.60. The van der Waals surface area contributed by atoms with Crippen molar-refractivity contribution in [2.75, 3.05) is 46.3 Å². The Balaban J connectivity index is 1.13. The van der Waals surface area contributed by atoms with Gasteiger partial charge in [-0.2, -0.15) is 4.68 Å². The number of amides is 2. The lowest BCUT2D eigenvalue weighted by Crippen LogP contribution is -2.52. The summed E-state index contributed by atoms with van der Waals surface area (Å²) in [4.78, 5) is 14.3. The van der Waals surface area contributed by atoms with Crippen LogP contribution in [0, 0.1) is 0 Å². The van der Waals surface area contributed by atoms with Crippen molar-refractivity contribution in [3.8, 4) is 23.3 Å². The van der Waals surface area contributed by atoms with Gasteiger partial charge in [-0.15, -0.1) is 0 Å². The van der Waals surface area contributed by atoms with Gasteiger partial charge in [0.15, 0.2) is 11.5 Å². The molecule has 1 N–H and O–H groups in total.